The lowest BCUT2D eigenvalue weighted by molar-refractivity contribution is 0.214. The van der Waals surface area contributed by atoms with Crippen LogP contribution in [-0.2, 0) is 0 Å². The van der Waals surface area contributed by atoms with Crippen molar-refractivity contribution in [3.05, 3.63) is 48.0 Å². The number of carbonyl (C=O) groups excluding carboxylic acids is 1. The number of nitrogens with one attached hydrogen (secondary N) is 2. The number of carbonyl (C=O) groups is 1. The Bertz CT molecular complexity index is 754. The number of urea groups is 1. The Morgan fingerprint density at radius 2 is 1.62 bits per heavy atom. The Morgan fingerprint density at radius 1 is 1.00 bits per heavy atom. The lowest BCUT2D eigenvalue weighted by atomic mass is 9.82. The minimum atomic E-state index is -0.309. The molecule has 0 aliphatic rings. The topological polar surface area (TPSA) is 41.1 Å². The Labute approximate surface area is 149 Å². The van der Waals surface area contributed by atoms with Gasteiger partial charge in [0.15, 0.2) is 0 Å². The van der Waals surface area contributed by atoms with Crippen molar-refractivity contribution in [3.8, 4) is 0 Å². The van der Waals surface area contributed by atoms with Crippen LogP contribution in [0.1, 0.15) is 46.6 Å². The van der Waals surface area contributed by atoms with E-state index in [9.17, 15) is 4.79 Å². The zero-order chi connectivity index (χ0) is 18.0. The second-order valence-corrected chi connectivity index (χ2v) is 8.46. The first-order valence-corrected chi connectivity index (χ1v) is 8.59. The van der Waals surface area contributed by atoms with Crippen LogP contribution in [0.15, 0.2) is 42.5 Å². The summed E-state index contributed by atoms with van der Waals surface area (Å²) in [6.07, 6.45) is 0.869. The predicted molar refractivity (Wildman–Crippen MR) is 105 cm³/mol. The van der Waals surface area contributed by atoms with Gasteiger partial charge in [-0.2, -0.15) is 0 Å². The average Bonchev–Trinajstić information content (AvgIpc) is 2.43. The molecule has 2 aromatic rings. The van der Waals surface area contributed by atoms with E-state index >= 15 is 0 Å². The van der Waals surface area contributed by atoms with Gasteiger partial charge in [-0.25, -0.2) is 4.79 Å². The number of fused-ring (bicyclic) bond motifs is 1. The summed E-state index contributed by atoms with van der Waals surface area (Å²) in [7, 11) is 0. The highest BCUT2D eigenvalue weighted by Gasteiger charge is 2.27. The third-order valence-electron chi connectivity index (χ3n) is 3.69. The molecule has 24 heavy (non-hydrogen) atoms. The number of rotatable bonds is 3. The molecule has 0 saturated heterocycles. The normalized spacial score (nSPS) is 12.0. The fourth-order valence-electron chi connectivity index (χ4n) is 3.30. The SMILES string of the molecule is CC(C)(C)CC(C)(C)NC(=O)NC(=S)c1cccc2ccccc12. The standard InChI is InChI=1S/C20H26N2OS/c1-19(2,3)13-20(4,5)22-18(23)21-17(24)16-12-8-10-14-9-6-7-11-15(14)16/h6-12H,13H2,1-5H3,(H2,21,22,23,24). The van der Waals surface area contributed by atoms with Gasteiger partial charge in [0.2, 0.25) is 0 Å². The van der Waals surface area contributed by atoms with Gasteiger partial charge in [0.05, 0.1) is 0 Å². The highest BCUT2D eigenvalue weighted by atomic mass is 32.1. The first-order chi connectivity index (χ1) is 11.1. The van der Waals surface area contributed by atoms with Gasteiger partial charge in [0.25, 0.3) is 0 Å². The van der Waals surface area contributed by atoms with E-state index in [1.807, 2.05) is 56.3 Å². The molecule has 3 nitrogen and oxygen atoms in total. The summed E-state index contributed by atoms with van der Waals surface area (Å²) in [5.74, 6) is 0. The van der Waals surface area contributed by atoms with Crippen molar-refractivity contribution < 1.29 is 4.79 Å². The van der Waals surface area contributed by atoms with Crippen LogP contribution in [0.3, 0.4) is 0 Å². The van der Waals surface area contributed by atoms with Crippen molar-refractivity contribution in [1.29, 1.82) is 0 Å². The summed E-state index contributed by atoms with van der Waals surface area (Å²) in [6.45, 7) is 10.5. The van der Waals surface area contributed by atoms with Gasteiger partial charge in [0.1, 0.15) is 4.99 Å². The first-order valence-electron chi connectivity index (χ1n) is 8.19. The number of amides is 2. The highest BCUT2D eigenvalue weighted by molar-refractivity contribution is 7.80. The summed E-state index contributed by atoms with van der Waals surface area (Å²) in [6, 6.07) is 13.7. The maximum absolute atomic E-state index is 12.4. The molecule has 0 spiro atoms. The van der Waals surface area contributed by atoms with E-state index in [-0.39, 0.29) is 17.0 Å². The average molecular weight is 343 g/mol. The van der Waals surface area contributed by atoms with E-state index in [1.165, 1.54) is 0 Å². The Morgan fingerprint density at radius 3 is 2.29 bits per heavy atom. The quantitative estimate of drug-likeness (QED) is 0.768. The van der Waals surface area contributed by atoms with Crippen LogP contribution < -0.4 is 10.6 Å². The van der Waals surface area contributed by atoms with Gasteiger partial charge in [-0.1, -0.05) is 75.5 Å². The molecule has 0 aromatic heterocycles. The number of hydrogen-bond acceptors (Lipinski definition) is 2. The van der Waals surface area contributed by atoms with E-state index in [0.717, 1.165) is 22.8 Å². The van der Waals surface area contributed by atoms with Crippen LogP contribution in [0.25, 0.3) is 10.8 Å². The molecule has 0 bridgehead atoms. The van der Waals surface area contributed by atoms with Crippen molar-refractivity contribution in [3.63, 3.8) is 0 Å². The van der Waals surface area contributed by atoms with Crippen LogP contribution in [0, 0.1) is 5.41 Å². The molecule has 0 atom stereocenters. The zero-order valence-corrected chi connectivity index (χ0v) is 15.9. The summed E-state index contributed by atoms with van der Waals surface area (Å²) in [5, 5.41) is 7.98. The number of thiocarbonyl (C=S) groups is 1. The lowest BCUT2D eigenvalue weighted by Gasteiger charge is -2.33. The predicted octanol–water partition coefficient (Wildman–Crippen LogP) is 5.03. The van der Waals surface area contributed by atoms with Gasteiger partial charge < -0.3 is 5.32 Å². The van der Waals surface area contributed by atoms with E-state index < -0.39 is 0 Å². The van der Waals surface area contributed by atoms with Gasteiger partial charge in [0, 0.05) is 11.1 Å². The fourth-order valence-corrected chi connectivity index (χ4v) is 3.57. The molecule has 2 rings (SSSR count). The van der Waals surface area contributed by atoms with Crippen LogP contribution in [-0.4, -0.2) is 16.6 Å². The third-order valence-corrected chi connectivity index (χ3v) is 4.01. The molecule has 0 saturated carbocycles. The number of hydrogen-bond donors (Lipinski definition) is 2. The Kier molecular flexibility index (Phi) is 5.29. The molecule has 2 amide bonds. The maximum Gasteiger partial charge on any atom is 0.320 e. The van der Waals surface area contributed by atoms with Crippen molar-refractivity contribution in [1.82, 2.24) is 10.6 Å². The summed E-state index contributed by atoms with van der Waals surface area (Å²) < 4.78 is 0. The maximum atomic E-state index is 12.4. The zero-order valence-electron chi connectivity index (χ0n) is 15.1. The molecule has 2 N–H and O–H groups in total. The van der Waals surface area contributed by atoms with E-state index in [0.29, 0.717) is 4.99 Å². The van der Waals surface area contributed by atoms with Crippen molar-refractivity contribution in [2.24, 2.45) is 5.41 Å². The van der Waals surface area contributed by atoms with Gasteiger partial charge in [-0.3, -0.25) is 5.32 Å². The highest BCUT2D eigenvalue weighted by Crippen LogP contribution is 2.26. The second kappa shape index (κ2) is 6.89. The largest absolute Gasteiger partial charge is 0.333 e. The van der Waals surface area contributed by atoms with Crippen LogP contribution in [0.2, 0.25) is 0 Å². The van der Waals surface area contributed by atoms with E-state index in [4.69, 9.17) is 12.2 Å². The lowest BCUT2D eigenvalue weighted by Crippen LogP contribution is -2.51. The molecule has 2 aromatic carbocycles. The summed E-state index contributed by atoms with van der Waals surface area (Å²) in [4.78, 5) is 12.8. The molecule has 0 radical (unpaired) electrons. The van der Waals surface area contributed by atoms with Crippen LogP contribution in [0.5, 0.6) is 0 Å². The Balaban J connectivity index is 2.10. The van der Waals surface area contributed by atoms with Crippen molar-refractivity contribution >= 4 is 34.0 Å². The summed E-state index contributed by atoms with van der Waals surface area (Å²) >= 11 is 5.45. The van der Waals surface area contributed by atoms with Gasteiger partial charge in [-0.05, 0) is 36.5 Å². The first kappa shape index (κ1) is 18.4. The van der Waals surface area contributed by atoms with Crippen LogP contribution in [0.4, 0.5) is 4.79 Å². The minimum Gasteiger partial charge on any atom is -0.333 e. The monoisotopic (exact) mass is 342 g/mol. The second-order valence-electron chi connectivity index (χ2n) is 8.06. The molecule has 0 unspecified atom stereocenters. The van der Waals surface area contributed by atoms with Crippen molar-refractivity contribution in [2.45, 2.75) is 46.6 Å². The molecular weight excluding hydrogens is 316 g/mol. The molecule has 0 heterocycles. The molecule has 4 heteroatoms. The van der Waals surface area contributed by atoms with E-state index in [1.54, 1.807) is 0 Å². The van der Waals surface area contributed by atoms with Gasteiger partial charge in [-0.15, -0.1) is 0 Å². The summed E-state index contributed by atoms with van der Waals surface area (Å²) in [5.41, 5.74) is 0.691. The van der Waals surface area contributed by atoms with Crippen molar-refractivity contribution in [2.75, 3.05) is 0 Å². The molecule has 0 fully saturated rings. The third kappa shape index (κ3) is 5.03. The van der Waals surface area contributed by atoms with Crippen LogP contribution >= 0.6 is 12.2 Å². The molecule has 128 valence electrons. The minimum absolute atomic E-state index is 0.132. The molecular formula is C20H26N2OS. The molecule has 0 aliphatic carbocycles. The van der Waals surface area contributed by atoms with E-state index in [2.05, 4.69) is 31.4 Å². The fraction of sp³-hybridized carbons (Fsp3) is 0.400. The smallest absolute Gasteiger partial charge is 0.320 e. The van der Waals surface area contributed by atoms with Gasteiger partial charge >= 0.3 is 6.03 Å². The molecule has 0 aliphatic heterocycles. The number of benzene rings is 2. The Hall–Kier alpha value is -1.94.